The number of fused-ring (bicyclic) bond motifs is 2. The Morgan fingerprint density at radius 2 is 1.08 bits per heavy atom. The van der Waals surface area contributed by atoms with Gasteiger partial charge in [0.2, 0.25) is 28.3 Å². The number of esters is 1. The first kappa shape index (κ1) is 88.5. The lowest BCUT2D eigenvalue weighted by atomic mass is 9.85. The van der Waals surface area contributed by atoms with Gasteiger partial charge < -0.3 is 85.7 Å². The Morgan fingerprint density at radius 1 is 0.640 bits per heavy atom. The van der Waals surface area contributed by atoms with E-state index >= 15 is 0 Å². The molecule has 4 aliphatic carbocycles. The van der Waals surface area contributed by atoms with Crippen molar-refractivity contribution >= 4 is 124 Å². The molecule has 9 N–H and O–H groups in total. The zero-order valence-electron chi connectivity index (χ0n) is 68.3. The molecule has 0 spiro atoms. The van der Waals surface area contributed by atoms with Crippen LogP contribution < -0.4 is 56.6 Å². The number of nitrogens with two attached hydrogens (primary N) is 1. The minimum Gasteiger partial charge on any atom is -0.496 e. The highest BCUT2D eigenvalue weighted by Gasteiger charge is 2.63. The Morgan fingerprint density at radius 3 is 1.46 bits per heavy atom. The number of alkyl carbamates (subject to hydrolysis) is 2. The number of nitrogens with one attached hydrogen (secondary N) is 6. The number of halogens is 1. The second kappa shape index (κ2) is 35.8. The van der Waals surface area contributed by atoms with Crippen LogP contribution in [0.5, 0.6) is 23.0 Å². The normalized spacial score (nSPS) is 22.9. The molecule has 32 heteroatoms. The number of aromatic nitrogens is 3. The molecule has 114 heavy (non-hydrogen) atoms. The Labute approximate surface area is 683 Å². The number of benzene rings is 2. The molecule has 5 aromatic rings. The van der Waals surface area contributed by atoms with Gasteiger partial charge in [-0.05, 0) is 183 Å². The second-order valence-corrected chi connectivity index (χ2v) is 35.6. The summed E-state index contributed by atoms with van der Waals surface area (Å²) >= 11 is 9.00. The second-order valence-electron chi connectivity index (χ2n) is 33.6. The van der Waals surface area contributed by atoms with Gasteiger partial charge in [0.05, 0.1) is 51.1 Å². The van der Waals surface area contributed by atoms with Gasteiger partial charge in [0.25, 0.3) is 0 Å². The van der Waals surface area contributed by atoms with Crippen molar-refractivity contribution in [1.29, 1.82) is 0 Å². The molecule has 0 radical (unpaired) electrons. The molecule has 11 rings (SSSR count). The van der Waals surface area contributed by atoms with Crippen molar-refractivity contribution in [3.63, 3.8) is 0 Å². The lowest BCUT2D eigenvalue weighted by Crippen LogP contribution is -2.59. The molecule has 10 atom stereocenters. The van der Waals surface area contributed by atoms with Gasteiger partial charge >= 0.3 is 24.1 Å². The Balaban J connectivity index is 0.000000242. The number of anilines is 1. The van der Waals surface area contributed by atoms with Crippen molar-refractivity contribution in [2.45, 2.75) is 245 Å². The van der Waals surface area contributed by atoms with Gasteiger partial charge in [-0.25, -0.2) is 34.1 Å². The van der Waals surface area contributed by atoms with Gasteiger partial charge in [-0.15, -0.1) is 24.5 Å². The lowest BCUT2D eigenvalue weighted by molar-refractivity contribution is -0.148. The molecule has 29 nitrogen and oxygen atoms in total. The number of rotatable bonds is 25. The maximum absolute atomic E-state index is 14.7. The number of carboxylic acids is 1. The van der Waals surface area contributed by atoms with E-state index in [2.05, 4.69) is 78.2 Å². The van der Waals surface area contributed by atoms with E-state index in [1.807, 2.05) is 114 Å². The predicted octanol–water partition coefficient (Wildman–Crippen LogP) is 11.8. The molecule has 4 saturated carbocycles. The molecular weight excluding hydrogens is 1570 g/mol. The number of hydrogen-bond acceptors (Lipinski definition) is 22. The fraction of sp³-hybridized carbons (Fsp3) is 0.573. The van der Waals surface area contributed by atoms with E-state index in [1.165, 1.54) is 47.5 Å². The highest BCUT2D eigenvalue weighted by atomic mass is 79.9. The lowest BCUT2D eigenvalue weighted by Gasteiger charge is -2.36. The van der Waals surface area contributed by atoms with Crippen LogP contribution in [0, 0.1) is 36.5 Å². The average Bonchev–Trinajstić information content (AvgIpc) is 1.19. The Kier molecular flexibility index (Phi) is 27.8. The number of ether oxygens (including phenoxy) is 7. The molecule has 620 valence electrons. The maximum Gasteiger partial charge on any atom is 0.408 e. The number of likely N-dealkylation sites (tertiary alicyclic amines) is 2. The van der Waals surface area contributed by atoms with E-state index in [0.717, 1.165) is 62.1 Å². The largest absolute Gasteiger partial charge is 0.496 e. The molecular formula is C82H111BrN12O17S2. The topological polar surface area (TPSA) is 382 Å². The van der Waals surface area contributed by atoms with Gasteiger partial charge in [-0.1, -0.05) is 53.7 Å². The standard InChI is InChI=1S/C41H54N6O8S.C37H47BrN4O9.C4H10N2S/c1-10-24-19-41(24,36(50)51)46-34(48)29-17-25(20-47(29)35(49)33(39(5,6)7)45-38(52)55-40(8)15-11-12-16-40)54-31-18-27(28-21-56-37(44-28)42-22(2)3)43-32-23(4)30(53-9)14-13-26(31)32;1-9-21-18-37(21,33(46)49-8)41-31(44)25-16-22(50-27-17-24(30(38)43)39-28-20(2)26(48-7)13-12-23(27)28)19-42(25)32(45)29(35(3,4)5)40-34(47)51-36(6)14-10-11-15-36;1-3(2)6-4(5)7/h10,13-14,18,21-22,24-25,29,33H,1,11-12,15-17,19-20H2,2-9H3,(H,42,44)(H,45,52)(H,46,48)(H,50,51);9,12-13,17,21-22,25,29H,1,10-11,14-16,18-19H2,2-8H3,(H,40,47)(H,41,44);3H,1-2H3,(H3,5,6,7)/t24-,25-,29+,33-,41-;21-,22-,25+,29-,37-;/m11./s1. The summed E-state index contributed by atoms with van der Waals surface area (Å²) in [5.74, 6) is -2.79. The molecule has 6 amide bonds. The van der Waals surface area contributed by atoms with Crippen LogP contribution in [0.1, 0.15) is 182 Å². The third-order valence-electron chi connectivity index (χ3n) is 21.8. The minimum atomic E-state index is -1.52. The molecule has 6 fully saturated rings. The number of methoxy groups -OCH3 is 3. The minimum absolute atomic E-state index is 0.0175. The molecule has 6 aliphatic rings. The first-order valence-electron chi connectivity index (χ1n) is 38.6. The van der Waals surface area contributed by atoms with Crippen LogP contribution in [-0.4, -0.2) is 193 Å². The smallest absolute Gasteiger partial charge is 0.408 e. The van der Waals surface area contributed by atoms with Crippen LogP contribution >= 0.6 is 39.5 Å². The van der Waals surface area contributed by atoms with Crippen LogP contribution in [-0.2, 0) is 43.0 Å². The number of thiocarbonyl (C=S) groups is 1. The van der Waals surface area contributed by atoms with Gasteiger partial charge in [0.1, 0.15) is 93.0 Å². The fourth-order valence-electron chi connectivity index (χ4n) is 15.4. The van der Waals surface area contributed by atoms with Crippen molar-refractivity contribution in [1.82, 2.24) is 51.3 Å². The van der Waals surface area contributed by atoms with E-state index in [-0.39, 0.29) is 50.0 Å². The van der Waals surface area contributed by atoms with Crippen LogP contribution in [0.3, 0.4) is 0 Å². The molecule has 0 bridgehead atoms. The molecule has 2 aliphatic heterocycles. The zero-order chi connectivity index (χ0) is 84.1. The molecule has 5 heterocycles. The molecule has 2 saturated heterocycles. The van der Waals surface area contributed by atoms with Crippen molar-refractivity contribution in [3.8, 4) is 34.4 Å². The van der Waals surface area contributed by atoms with Crippen molar-refractivity contribution < 1.29 is 81.4 Å². The van der Waals surface area contributed by atoms with Crippen molar-refractivity contribution in [2.75, 3.05) is 39.7 Å². The average molecular weight is 1680 g/mol. The summed E-state index contributed by atoms with van der Waals surface area (Å²) in [4.78, 5) is 139. The monoisotopic (exact) mass is 1680 g/mol. The van der Waals surface area contributed by atoms with Crippen LogP contribution in [0.2, 0.25) is 0 Å². The van der Waals surface area contributed by atoms with E-state index in [9.17, 15) is 48.3 Å². The predicted molar refractivity (Wildman–Crippen MR) is 441 cm³/mol. The van der Waals surface area contributed by atoms with Gasteiger partial charge in [0.15, 0.2) is 10.2 Å². The van der Waals surface area contributed by atoms with Gasteiger partial charge in [0, 0.05) is 76.2 Å². The number of aryl methyl sites for hydroxylation is 2. The summed E-state index contributed by atoms with van der Waals surface area (Å²) in [5.41, 5.74) is 3.42. The van der Waals surface area contributed by atoms with Crippen molar-refractivity contribution in [3.05, 3.63) is 83.9 Å². The maximum atomic E-state index is 14.7. The summed E-state index contributed by atoms with van der Waals surface area (Å²) in [6.07, 6.45) is 7.56. The number of pyridine rings is 2. The number of amides is 6. The SMILES string of the molecule is C=C[C@@H]1C[C@]1(NC(=O)[C@@H]1C[C@@H](Oc2cc(-c3csc(NC(C)C)n3)nc3c(C)c(OC)ccc23)CN1C(=O)[C@@H](NC(=O)OC1(C)CCCC1)C(C)(C)C)C(=O)O.C=C[C@@H]1C[C@]1(NC(=O)[C@@H]1C[C@@H](Oc2cc(C(=O)Br)nc3c(C)c(OC)ccc23)CN1C(=O)[C@@H](NC(=O)OC1(C)CCCC1)C(C)(C)C)C(=O)OC.CC(C)NC(N)=S. The number of carbonyl (C=O) groups is 9. The van der Waals surface area contributed by atoms with E-state index in [4.69, 9.17) is 48.9 Å². The summed E-state index contributed by atoms with van der Waals surface area (Å²) in [5, 5.41) is 31.8. The molecule has 3 aromatic heterocycles. The van der Waals surface area contributed by atoms with E-state index < -0.39 is 128 Å². The highest BCUT2D eigenvalue weighted by molar-refractivity contribution is 9.18. The third-order valence-corrected chi connectivity index (χ3v) is 23.1. The van der Waals surface area contributed by atoms with E-state index in [0.29, 0.717) is 79.3 Å². The number of thiazole rings is 1. The van der Waals surface area contributed by atoms with Crippen LogP contribution in [0.4, 0.5) is 14.7 Å². The number of carboxylic acid groups (broad SMARTS) is 1. The summed E-state index contributed by atoms with van der Waals surface area (Å²) in [6.45, 7) is 33.9. The molecule has 2 aromatic carbocycles. The van der Waals surface area contributed by atoms with Crippen molar-refractivity contribution in [2.24, 2.45) is 28.4 Å². The summed E-state index contributed by atoms with van der Waals surface area (Å²) < 4.78 is 40.6. The Bertz CT molecular complexity index is 4510. The summed E-state index contributed by atoms with van der Waals surface area (Å²) in [7, 11) is 4.38. The van der Waals surface area contributed by atoms with Gasteiger partial charge in [-0.3, -0.25) is 24.0 Å². The third kappa shape index (κ3) is 20.4. The number of carbonyl (C=O) groups excluding carboxylic acids is 8. The number of nitrogens with zero attached hydrogens (tertiary/aromatic N) is 5. The highest BCUT2D eigenvalue weighted by Crippen LogP contribution is 2.48. The first-order chi connectivity index (χ1) is 53.5. The summed E-state index contributed by atoms with van der Waals surface area (Å²) in [6, 6.07) is 6.74. The number of hydrogen-bond donors (Lipinski definition) is 8. The van der Waals surface area contributed by atoms with Crippen LogP contribution in [0.15, 0.2) is 67.1 Å². The molecule has 0 unspecified atom stereocenters. The van der Waals surface area contributed by atoms with Crippen LogP contribution in [0.25, 0.3) is 33.2 Å². The van der Waals surface area contributed by atoms with Gasteiger partial charge in [-0.2, -0.15) is 0 Å². The zero-order valence-corrected chi connectivity index (χ0v) is 71.5. The Hall–Kier alpha value is -9.43. The fourth-order valence-corrected chi connectivity index (χ4v) is 16.6. The quantitative estimate of drug-likeness (QED) is 0.00884. The number of aliphatic carboxylic acids is 1. The first-order valence-corrected chi connectivity index (χ1v) is 40.6. The van der Waals surface area contributed by atoms with E-state index in [1.54, 1.807) is 31.4 Å².